The molecule has 1 heterocycles. The summed E-state index contributed by atoms with van der Waals surface area (Å²) in [5.74, 6) is -1.16. The molecule has 3 rings (SSSR count). The first-order valence-electron chi connectivity index (χ1n) is 7.15. The number of hydrogen-bond donors (Lipinski definition) is 0. The predicted molar refractivity (Wildman–Crippen MR) is 83.3 cm³/mol. The Bertz CT molecular complexity index is 897. The van der Waals surface area contributed by atoms with Crippen molar-refractivity contribution in [3.63, 3.8) is 0 Å². The average molecular weight is 321 g/mol. The van der Waals surface area contributed by atoms with E-state index in [1.54, 1.807) is 24.3 Å². The van der Waals surface area contributed by atoms with Crippen molar-refractivity contribution >= 4 is 17.5 Å². The van der Waals surface area contributed by atoms with Crippen LogP contribution in [0.4, 0.5) is 5.69 Å². The topological polar surface area (TPSA) is 104 Å². The quantitative estimate of drug-likeness (QED) is 0.488. The molecular weight excluding hydrogens is 310 g/mol. The van der Waals surface area contributed by atoms with Crippen LogP contribution in [0.25, 0.3) is 0 Å². The Labute approximate surface area is 136 Å². The summed E-state index contributed by atoms with van der Waals surface area (Å²) >= 11 is 0. The van der Waals surface area contributed by atoms with Gasteiger partial charge in [0, 0.05) is 12.6 Å². The number of benzene rings is 2. The zero-order valence-corrected chi connectivity index (χ0v) is 12.4. The van der Waals surface area contributed by atoms with Gasteiger partial charge in [-0.25, -0.2) is 0 Å². The number of nitro benzene ring substituents is 1. The van der Waals surface area contributed by atoms with Crippen molar-refractivity contribution in [3.8, 4) is 6.07 Å². The summed E-state index contributed by atoms with van der Waals surface area (Å²) in [7, 11) is 0. The molecule has 24 heavy (non-hydrogen) atoms. The van der Waals surface area contributed by atoms with Gasteiger partial charge in [-0.2, -0.15) is 5.26 Å². The maximum Gasteiger partial charge on any atom is 0.282 e. The summed E-state index contributed by atoms with van der Waals surface area (Å²) in [5.41, 5.74) is 0.947. The van der Waals surface area contributed by atoms with Crippen LogP contribution in [0.1, 0.15) is 31.8 Å². The van der Waals surface area contributed by atoms with Crippen molar-refractivity contribution in [1.29, 1.82) is 5.26 Å². The van der Waals surface area contributed by atoms with Gasteiger partial charge in [-0.05, 0) is 30.2 Å². The lowest BCUT2D eigenvalue weighted by Crippen LogP contribution is -2.31. The Kier molecular flexibility index (Phi) is 3.80. The average Bonchev–Trinajstić information content (AvgIpc) is 2.84. The molecule has 0 aliphatic carbocycles. The van der Waals surface area contributed by atoms with Gasteiger partial charge in [-0.1, -0.05) is 18.2 Å². The zero-order chi connectivity index (χ0) is 17.3. The number of fused-ring (bicyclic) bond motifs is 1. The van der Waals surface area contributed by atoms with E-state index in [9.17, 15) is 19.7 Å². The number of nitrogens with zero attached hydrogens (tertiary/aromatic N) is 3. The van der Waals surface area contributed by atoms with Gasteiger partial charge < -0.3 is 0 Å². The van der Waals surface area contributed by atoms with Gasteiger partial charge in [0.2, 0.25) is 0 Å². The van der Waals surface area contributed by atoms with Gasteiger partial charge in [0.05, 0.1) is 22.1 Å². The van der Waals surface area contributed by atoms with Crippen molar-refractivity contribution in [1.82, 2.24) is 4.90 Å². The molecule has 7 nitrogen and oxygen atoms in total. The molecule has 0 saturated carbocycles. The van der Waals surface area contributed by atoms with Crippen LogP contribution in [0.5, 0.6) is 0 Å². The van der Waals surface area contributed by atoms with E-state index in [4.69, 9.17) is 5.26 Å². The second kappa shape index (κ2) is 5.93. The fourth-order valence-electron chi connectivity index (χ4n) is 2.66. The van der Waals surface area contributed by atoms with Crippen LogP contribution >= 0.6 is 0 Å². The van der Waals surface area contributed by atoms with Gasteiger partial charge in [-0.15, -0.1) is 0 Å². The van der Waals surface area contributed by atoms with E-state index >= 15 is 0 Å². The lowest BCUT2D eigenvalue weighted by Gasteiger charge is -2.13. The SMILES string of the molecule is N#Cc1ccc(CCN2C(=O)c3cccc([N+](=O)[O-])c3C2=O)cc1. The molecule has 0 aromatic heterocycles. The van der Waals surface area contributed by atoms with Gasteiger partial charge >= 0.3 is 0 Å². The van der Waals surface area contributed by atoms with Gasteiger partial charge in [-0.3, -0.25) is 24.6 Å². The normalized spacial score (nSPS) is 12.9. The van der Waals surface area contributed by atoms with E-state index in [2.05, 4.69) is 0 Å². The van der Waals surface area contributed by atoms with Crippen molar-refractivity contribution in [2.75, 3.05) is 6.54 Å². The van der Waals surface area contributed by atoms with Crippen molar-refractivity contribution in [2.45, 2.75) is 6.42 Å². The third-order valence-corrected chi connectivity index (χ3v) is 3.88. The molecule has 2 aromatic carbocycles. The molecule has 0 spiro atoms. The molecule has 2 amide bonds. The highest BCUT2D eigenvalue weighted by Gasteiger charge is 2.40. The van der Waals surface area contributed by atoms with Gasteiger partial charge in [0.15, 0.2) is 0 Å². The Morgan fingerprint density at radius 1 is 1.08 bits per heavy atom. The highest BCUT2D eigenvalue weighted by Crippen LogP contribution is 2.30. The fourth-order valence-corrected chi connectivity index (χ4v) is 2.66. The molecule has 0 N–H and O–H groups in total. The number of nitriles is 1. The van der Waals surface area contributed by atoms with E-state index in [0.29, 0.717) is 12.0 Å². The van der Waals surface area contributed by atoms with Gasteiger partial charge in [0.1, 0.15) is 5.56 Å². The third kappa shape index (κ3) is 2.50. The summed E-state index contributed by atoms with van der Waals surface area (Å²) < 4.78 is 0. The zero-order valence-electron chi connectivity index (χ0n) is 12.4. The monoisotopic (exact) mass is 321 g/mol. The van der Waals surface area contributed by atoms with Crippen LogP contribution in [-0.2, 0) is 6.42 Å². The first-order chi connectivity index (χ1) is 11.5. The summed E-state index contributed by atoms with van der Waals surface area (Å²) in [5, 5.41) is 19.8. The van der Waals surface area contributed by atoms with E-state index in [1.807, 2.05) is 6.07 Å². The van der Waals surface area contributed by atoms with E-state index in [1.165, 1.54) is 18.2 Å². The second-order valence-corrected chi connectivity index (χ2v) is 5.28. The van der Waals surface area contributed by atoms with Crippen LogP contribution in [-0.4, -0.2) is 28.2 Å². The second-order valence-electron chi connectivity index (χ2n) is 5.28. The number of nitro groups is 1. The minimum atomic E-state index is -0.659. The van der Waals surface area contributed by atoms with Crippen molar-refractivity contribution in [2.24, 2.45) is 0 Å². The number of hydrogen-bond acceptors (Lipinski definition) is 5. The van der Waals surface area contributed by atoms with Crippen LogP contribution in [0, 0.1) is 21.4 Å². The highest BCUT2D eigenvalue weighted by molar-refractivity contribution is 6.23. The van der Waals surface area contributed by atoms with E-state index in [0.717, 1.165) is 10.5 Å². The van der Waals surface area contributed by atoms with Crippen LogP contribution in [0.3, 0.4) is 0 Å². The smallest absolute Gasteiger partial charge is 0.274 e. The molecule has 1 aliphatic rings. The molecule has 0 atom stereocenters. The maximum atomic E-state index is 12.4. The molecular formula is C17H11N3O4. The number of amides is 2. The molecule has 118 valence electrons. The minimum absolute atomic E-state index is 0.0639. The molecule has 7 heteroatoms. The summed E-state index contributed by atoms with van der Waals surface area (Å²) in [6.07, 6.45) is 0.408. The minimum Gasteiger partial charge on any atom is -0.274 e. The largest absolute Gasteiger partial charge is 0.282 e. The van der Waals surface area contributed by atoms with Crippen molar-refractivity contribution in [3.05, 3.63) is 74.8 Å². The first kappa shape index (κ1) is 15.4. The van der Waals surface area contributed by atoms with Crippen LogP contribution in [0.15, 0.2) is 42.5 Å². The van der Waals surface area contributed by atoms with Crippen LogP contribution < -0.4 is 0 Å². The fraction of sp³-hybridized carbons (Fsp3) is 0.118. The maximum absolute atomic E-state index is 12.4. The molecule has 0 unspecified atom stereocenters. The molecule has 1 aliphatic heterocycles. The van der Waals surface area contributed by atoms with Gasteiger partial charge in [0.25, 0.3) is 17.5 Å². The number of carbonyl (C=O) groups is 2. The predicted octanol–water partition coefficient (Wildman–Crippen LogP) is 2.31. The molecule has 0 fully saturated rings. The number of imide groups is 1. The number of carbonyl (C=O) groups excluding carboxylic acids is 2. The number of rotatable bonds is 4. The summed E-state index contributed by atoms with van der Waals surface area (Å²) in [4.78, 5) is 36.2. The standard InChI is InChI=1S/C17H11N3O4/c18-10-12-6-4-11(5-7-12)8-9-19-16(21)13-2-1-3-14(20(23)24)15(13)17(19)22/h1-7H,8-9H2. The Hall–Kier alpha value is -3.53. The third-order valence-electron chi connectivity index (χ3n) is 3.88. The van der Waals surface area contributed by atoms with E-state index in [-0.39, 0.29) is 23.4 Å². The van der Waals surface area contributed by atoms with Crippen molar-refractivity contribution < 1.29 is 14.5 Å². The summed E-state index contributed by atoms with van der Waals surface area (Å²) in [6, 6.07) is 12.9. The Morgan fingerprint density at radius 3 is 2.42 bits per heavy atom. The molecule has 0 radical (unpaired) electrons. The molecule has 0 saturated heterocycles. The Morgan fingerprint density at radius 2 is 1.79 bits per heavy atom. The lowest BCUT2D eigenvalue weighted by molar-refractivity contribution is -0.385. The van der Waals surface area contributed by atoms with E-state index < -0.39 is 16.7 Å². The Balaban J connectivity index is 1.82. The molecule has 2 aromatic rings. The highest BCUT2D eigenvalue weighted by atomic mass is 16.6. The van der Waals surface area contributed by atoms with Crippen LogP contribution in [0.2, 0.25) is 0 Å². The summed E-state index contributed by atoms with van der Waals surface area (Å²) in [6.45, 7) is 0.120. The molecule has 0 bridgehead atoms. The first-order valence-corrected chi connectivity index (χ1v) is 7.15. The lowest BCUT2D eigenvalue weighted by atomic mass is 10.1.